The fourth-order valence-corrected chi connectivity index (χ4v) is 1.46. The van der Waals surface area contributed by atoms with Gasteiger partial charge < -0.3 is 10.1 Å². The molecule has 88 valence electrons. The maximum absolute atomic E-state index is 5.66. The largest absolute Gasteiger partial charge is 0.494 e. The van der Waals surface area contributed by atoms with Crippen LogP contribution < -0.4 is 10.1 Å². The summed E-state index contributed by atoms with van der Waals surface area (Å²) in [6, 6.07) is 8.04. The van der Waals surface area contributed by atoms with Crippen LogP contribution in [0, 0.1) is 0 Å². The van der Waals surface area contributed by atoms with Gasteiger partial charge in [0.15, 0.2) is 0 Å². The third-order valence-electron chi connectivity index (χ3n) is 2.39. The SMILES string of the molecule is C/C=C/CCCCOc1cccc(NC)c1. The average Bonchev–Trinajstić information content (AvgIpc) is 2.34. The molecule has 0 radical (unpaired) electrons. The van der Waals surface area contributed by atoms with Gasteiger partial charge in [-0.25, -0.2) is 0 Å². The van der Waals surface area contributed by atoms with Crippen LogP contribution in [0.2, 0.25) is 0 Å². The summed E-state index contributed by atoms with van der Waals surface area (Å²) in [5.74, 6) is 0.942. The Balaban J connectivity index is 2.21. The van der Waals surface area contributed by atoms with E-state index in [9.17, 15) is 0 Å². The minimum absolute atomic E-state index is 0.796. The maximum Gasteiger partial charge on any atom is 0.121 e. The number of allylic oxidation sites excluding steroid dienone is 2. The highest BCUT2D eigenvalue weighted by atomic mass is 16.5. The van der Waals surface area contributed by atoms with Crippen LogP contribution in [0.15, 0.2) is 36.4 Å². The molecule has 1 rings (SSSR count). The first kappa shape index (κ1) is 12.6. The van der Waals surface area contributed by atoms with Gasteiger partial charge in [0, 0.05) is 18.8 Å². The van der Waals surface area contributed by atoms with Crippen molar-refractivity contribution in [2.24, 2.45) is 0 Å². The van der Waals surface area contributed by atoms with Crippen molar-refractivity contribution in [1.82, 2.24) is 0 Å². The first-order valence-corrected chi connectivity index (χ1v) is 5.88. The quantitative estimate of drug-likeness (QED) is 0.555. The molecule has 16 heavy (non-hydrogen) atoms. The van der Waals surface area contributed by atoms with E-state index in [1.807, 2.05) is 31.3 Å². The standard InChI is InChI=1S/C14H21NO/c1-3-4-5-6-7-11-16-14-10-8-9-13(12-14)15-2/h3-4,8-10,12,15H,5-7,11H2,1-2H3/b4-3+. The number of ether oxygens (including phenoxy) is 1. The van der Waals surface area contributed by atoms with E-state index in [1.165, 1.54) is 6.42 Å². The monoisotopic (exact) mass is 219 g/mol. The molecule has 2 nitrogen and oxygen atoms in total. The number of benzene rings is 1. The lowest BCUT2D eigenvalue weighted by atomic mass is 10.2. The fourth-order valence-electron chi connectivity index (χ4n) is 1.46. The molecule has 1 aromatic carbocycles. The van der Waals surface area contributed by atoms with Gasteiger partial charge in [0.05, 0.1) is 6.61 Å². The van der Waals surface area contributed by atoms with Gasteiger partial charge in [-0.2, -0.15) is 0 Å². The molecule has 2 heteroatoms. The van der Waals surface area contributed by atoms with Gasteiger partial charge in [-0.15, -0.1) is 0 Å². The normalized spacial score (nSPS) is 10.6. The molecule has 0 aliphatic heterocycles. The lowest BCUT2D eigenvalue weighted by Crippen LogP contribution is -1.97. The van der Waals surface area contributed by atoms with Crippen LogP contribution in [0.4, 0.5) is 5.69 Å². The van der Waals surface area contributed by atoms with Crippen LogP contribution >= 0.6 is 0 Å². The lowest BCUT2D eigenvalue weighted by Gasteiger charge is -2.07. The molecule has 1 N–H and O–H groups in total. The molecule has 0 spiro atoms. The van der Waals surface area contributed by atoms with Crippen molar-refractivity contribution >= 4 is 5.69 Å². The van der Waals surface area contributed by atoms with E-state index in [-0.39, 0.29) is 0 Å². The Morgan fingerprint density at radius 3 is 2.94 bits per heavy atom. The van der Waals surface area contributed by atoms with Crippen LogP contribution in [-0.4, -0.2) is 13.7 Å². The Labute approximate surface area is 98.3 Å². The van der Waals surface area contributed by atoms with E-state index in [0.717, 1.165) is 30.9 Å². The molecule has 1 aromatic rings. The van der Waals surface area contributed by atoms with Crippen molar-refractivity contribution in [3.8, 4) is 5.75 Å². The topological polar surface area (TPSA) is 21.3 Å². The molecule has 0 amide bonds. The smallest absolute Gasteiger partial charge is 0.121 e. The molecule has 0 saturated heterocycles. The molecule has 0 aliphatic carbocycles. The van der Waals surface area contributed by atoms with Gasteiger partial charge in [-0.3, -0.25) is 0 Å². The number of unbranched alkanes of at least 4 members (excludes halogenated alkanes) is 2. The summed E-state index contributed by atoms with van der Waals surface area (Å²) in [5.41, 5.74) is 1.09. The van der Waals surface area contributed by atoms with Gasteiger partial charge >= 0.3 is 0 Å². The minimum atomic E-state index is 0.796. The third kappa shape index (κ3) is 4.87. The van der Waals surface area contributed by atoms with E-state index in [2.05, 4.69) is 24.4 Å². The van der Waals surface area contributed by atoms with Crippen LogP contribution in [0.25, 0.3) is 0 Å². The predicted molar refractivity (Wildman–Crippen MR) is 70.1 cm³/mol. The van der Waals surface area contributed by atoms with E-state index >= 15 is 0 Å². The number of anilines is 1. The van der Waals surface area contributed by atoms with Crippen molar-refractivity contribution < 1.29 is 4.74 Å². The minimum Gasteiger partial charge on any atom is -0.494 e. The van der Waals surface area contributed by atoms with Gasteiger partial charge in [-0.05, 0) is 38.3 Å². The van der Waals surface area contributed by atoms with Gasteiger partial charge in [-0.1, -0.05) is 18.2 Å². The van der Waals surface area contributed by atoms with Crippen molar-refractivity contribution in [2.75, 3.05) is 19.0 Å². The van der Waals surface area contributed by atoms with Crippen LogP contribution in [0.5, 0.6) is 5.75 Å². The van der Waals surface area contributed by atoms with Gasteiger partial charge in [0.2, 0.25) is 0 Å². The van der Waals surface area contributed by atoms with Gasteiger partial charge in [0.1, 0.15) is 5.75 Å². The average molecular weight is 219 g/mol. The Morgan fingerprint density at radius 1 is 1.31 bits per heavy atom. The Bertz CT molecular complexity index is 320. The molecular formula is C14H21NO. The Hall–Kier alpha value is -1.44. The first-order valence-electron chi connectivity index (χ1n) is 5.88. The highest BCUT2D eigenvalue weighted by Gasteiger charge is 1.94. The van der Waals surface area contributed by atoms with E-state index in [4.69, 9.17) is 4.74 Å². The summed E-state index contributed by atoms with van der Waals surface area (Å²) in [5, 5.41) is 3.10. The number of rotatable bonds is 7. The molecule has 0 unspecified atom stereocenters. The molecule has 0 aliphatic rings. The molecule has 0 fully saturated rings. The maximum atomic E-state index is 5.66. The van der Waals surface area contributed by atoms with E-state index < -0.39 is 0 Å². The highest BCUT2D eigenvalue weighted by Crippen LogP contribution is 2.16. The summed E-state index contributed by atoms with van der Waals surface area (Å²) >= 11 is 0. The molecule has 0 aromatic heterocycles. The fraction of sp³-hybridized carbons (Fsp3) is 0.429. The predicted octanol–water partition coefficient (Wildman–Crippen LogP) is 3.85. The summed E-state index contributed by atoms with van der Waals surface area (Å²) in [6.45, 7) is 2.85. The lowest BCUT2D eigenvalue weighted by molar-refractivity contribution is 0.307. The zero-order chi connectivity index (χ0) is 11.6. The van der Waals surface area contributed by atoms with E-state index in [1.54, 1.807) is 0 Å². The molecule has 0 bridgehead atoms. The first-order chi connectivity index (χ1) is 7.86. The summed E-state index contributed by atoms with van der Waals surface area (Å²) in [4.78, 5) is 0. The van der Waals surface area contributed by atoms with Crippen LogP contribution in [-0.2, 0) is 0 Å². The molecule has 0 saturated carbocycles. The summed E-state index contributed by atoms with van der Waals surface area (Å²) in [6.07, 6.45) is 7.74. The number of hydrogen-bond acceptors (Lipinski definition) is 2. The zero-order valence-electron chi connectivity index (χ0n) is 10.2. The number of hydrogen-bond donors (Lipinski definition) is 1. The Kier molecular flexibility index (Phi) is 6.16. The Morgan fingerprint density at radius 2 is 2.19 bits per heavy atom. The van der Waals surface area contributed by atoms with E-state index in [0.29, 0.717) is 0 Å². The summed E-state index contributed by atoms with van der Waals surface area (Å²) < 4.78 is 5.66. The van der Waals surface area contributed by atoms with Gasteiger partial charge in [0.25, 0.3) is 0 Å². The second-order valence-electron chi connectivity index (χ2n) is 3.69. The molecule has 0 heterocycles. The molecule has 0 atom stereocenters. The number of nitrogens with one attached hydrogen (secondary N) is 1. The molecular weight excluding hydrogens is 198 g/mol. The van der Waals surface area contributed by atoms with Crippen molar-refractivity contribution in [1.29, 1.82) is 0 Å². The van der Waals surface area contributed by atoms with Crippen LogP contribution in [0.1, 0.15) is 26.2 Å². The van der Waals surface area contributed by atoms with Crippen LogP contribution in [0.3, 0.4) is 0 Å². The van der Waals surface area contributed by atoms with Crippen molar-refractivity contribution in [2.45, 2.75) is 26.2 Å². The third-order valence-corrected chi connectivity index (χ3v) is 2.39. The van der Waals surface area contributed by atoms with Crippen molar-refractivity contribution in [3.63, 3.8) is 0 Å². The highest BCUT2D eigenvalue weighted by molar-refractivity contribution is 5.47. The zero-order valence-corrected chi connectivity index (χ0v) is 10.2. The van der Waals surface area contributed by atoms with Crippen molar-refractivity contribution in [3.05, 3.63) is 36.4 Å². The second-order valence-corrected chi connectivity index (χ2v) is 3.69. The second kappa shape index (κ2) is 7.80. The summed E-state index contributed by atoms with van der Waals surface area (Å²) in [7, 11) is 1.91.